The Kier molecular flexibility index (Phi) is 6.17. The third kappa shape index (κ3) is 4.75. The molecule has 21 heavy (non-hydrogen) atoms. The SMILES string of the molecule is CC(C)C(C)NC(=O)N(CCO)c1ccc(C(=O)O)cc1. The first-order valence-corrected chi connectivity index (χ1v) is 6.89. The third-order valence-corrected chi connectivity index (χ3v) is 3.35. The Bertz CT molecular complexity index is 485. The summed E-state index contributed by atoms with van der Waals surface area (Å²) in [6.07, 6.45) is 0. The number of hydrogen-bond donors (Lipinski definition) is 3. The van der Waals surface area contributed by atoms with Crippen LogP contribution in [0.3, 0.4) is 0 Å². The van der Waals surface area contributed by atoms with E-state index in [2.05, 4.69) is 5.32 Å². The first-order valence-electron chi connectivity index (χ1n) is 6.89. The first-order chi connectivity index (χ1) is 9.86. The minimum atomic E-state index is -1.02. The summed E-state index contributed by atoms with van der Waals surface area (Å²) in [5.74, 6) is -0.729. The predicted octanol–water partition coefficient (Wildman–Crippen LogP) is 1.94. The Labute approximate surface area is 124 Å². The topological polar surface area (TPSA) is 89.9 Å². The van der Waals surface area contributed by atoms with E-state index in [1.807, 2.05) is 20.8 Å². The molecule has 3 N–H and O–H groups in total. The fraction of sp³-hybridized carbons (Fsp3) is 0.467. The number of nitrogens with zero attached hydrogens (tertiary/aromatic N) is 1. The average Bonchev–Trinajstić information content (AvgIpc) is 2.44. The predicted molar refractivity (Wildman–Crippen MR) is 80.7 cm³/mol. The Balaban J connectivity index is 2.90. The molecule has 1 aromatic carbocycles. The van der Waals surface area contributed by atoms with Crippen LogP contribution < -0.4 is 10.2 Å². The number of aliphatic hydroxyl groups is 1. The lowest BCUT2D eigenvalue weighted by atomic mass is 10.1. The zero-order chi connectivity index (χ0) is 16.0. The lowest BCUT2D eigenvalue weighted by molar-refractivity contribution is 0.0697. The lowest BCUT2D eigenvalue weighted by Crippen LogP contribution is -2.46. The number of carboxylic acids is 1. The quantitative estimate of drug-likeness (QED) is 0.748. The molecule has 0 heterocycles. The zero-order valence-electron chi connectivity index (χ0n) is 12.5. The van der Waals surface area contributed by atoms with Crippen molar-refractivity contribution in [1.29, 1.82) is 0 Å². The fourth-order valence-electron chi connectivity index (χ4n) is 1.67. The molecule has 0 aliphatic carbocycles. The number of anilines is 1. The van der Waals surface area contributed by atoms with E-state index < -0.39 is 5.97 Å². The summed E-state index contributed by atoms with van der Waals surface area (Å²) in [7, 11) is 0. The van der Waals surface area contributed by atoms with E-state index in [9.17, 15) is 9.59 Å². The van der Waals surface area contributed by atoms with Gasteiger partial charge in [-0.1, -0.05) is 13.8 Å². The van der Waals surface area contributed by atoms with Crippen LogP contribution in [0.4, 0.5) is 10.5 Å². The third-order valence-electron chi connectivity index (χ3n) is 3.35. The second kappa shape index (κ2) is 7.64. The maximum atomic E-state index is 12.3. The van der Waals surface area contributed by atoms with E-state index in [0.717, 1.165) is 0 Å². The number of carboxylic acid groups (broad SMARTS) is 1. The molecule has 0 aromatic heterocycles. The molecular formula is C15H22N2O4. The summed E-state index contributed by atoms with van der Waals surface area (Å²) >= 11 is 0. The molecule has 1 aromatic rings. The molecule has 1 unspecified atom stereocenters. The molecule has 0 saturated heterocycles. The minimum absolute atomic E-state index is 0.00279. The molecule has 0 aliphatic heterocycles. The molecule has 2 amide bonds. The van der Waals surface area contributed by atoms with Crippen LogP contribution in [0.15, 0.2) is 24.3 Å². The van der Waals surface area contributed by atoms with E-state index in [-0.39, 0.29) is 30.8 Å². The van der Waals surface area contributed by atoms with Crippen molar-refractivity contribution >= 4 is 17.7 Å². The highest BCUT2D eigenvalue weighted by atomic mass is 16.4. The number of urea groups is 1. The van der Waals surface area contributed by atoms with Gasteiger partial charge in [-0.3, -0.25) is 4.90 Å². The molecule has 116 valence electrons. The van der Waals surface area contributed by atoms with Crippen molar-refractivity contribution in [2.24, 2.45) is 5.92 Å². The van der Waals surface area contributed by atoms with Crippen LogP contribution in [0.1, 0.15) is 31.1 Å². The molecule has 6 heteroatoms. The highest BCUT2D eigenvalue weighted by molar-refractivity contribution is 5.93. The summed E-state index contributed by atoms with van der Waals surface area (Å²) < 4.78 is 0. The van der Waals surface area contributed by atoms with Crippen molar-refractivity contribution in [3.05, 3.63) is 29.8 Å². The number of rotatable bonds is 6. The summed E-state index contributed by atoms with van der Waals surface area (Å²) in [6.45, 7) is 5.88. The van der Waals surface area contributed by atoms with Crippen molar-refractivity contribution in [2.45, 2.75) is 26.8 Å². The molecule has 0 saturated carbocycles. The summed E-state index contributed by atoms with van der Waals surface area (Å²) in [5, 5.41) is 20.9. The highest BCUT2D eigenvalue weighted by Gasteiger charge is 2.18. The number of aliphatic hydroxyl groups excluding tert-OH is 1. The lowest BCUT2D eigenvalue weighted by Gasteiger charge is -2.26. The summed E-state index contributed by atoms with van der Waals surface area (Å²) in [5.41, 5.74) is 0.696. The van der Waals surface area contributed by atoms with Gasteiger partial charge in [-0.2, -0.15) is 0 Å². The molecule has 0 bridgehead atoms. The standard InChI is InChI=1S/C15H22N2O4/c1-10(2)11(3)16-15(21)17(8-9-18)13-6-4-12(5-7-13)14(19)20/h4-7,10-11,18H,8-9H2,1-3H3,(H,16,21)(H,19,20). The number of benzene rings is 1. The fourth-order valence-corrected chi connectivity index (χ4v) is 1.67. The van der Waals surface area contributed by atoms with Gasteiger partial charge in [0.1, 0.15) is 0 Å². The van der Waals surface area contributed by atoms with Gasteiger partial charge in [0.15, 0.2) is 0 Å². The number of nitrogens with one attached hydrogen (secondary N) is 1. The van der Waals surface area contributed by atoms with E-state index in [4.69, 9.17) is 10.2 Å². The molecule has 1 atom stereocenters. The molecule has 0 spiro atoms. The van der Waals surface area contributed by atoms with Crippen molar-refractivity contribution < 1.29 is 19.8 Å². The van der Waals surface area contributed by atoms with Crippen LogP contribution in [0.2, 0.25) is 0 Å². The van der Waals surface area contributed by atoms with Gasteiger partial charge < -0.3 is 15.5 Å². The van der Waals surface area contributed by atoms with Crippen molar-refractivity contribution in [3.63, 3.8) is 0 Å². The second-order valence-corrected chi connectivity index (χ2v) is 5.21. The number of aromatic carboxylic acids is 1. The summed E-state index contributed by atoms with van der Waals surface area (Å²) in [6, 6.07) is 5.66. The van der Waals surface area contributed by atoms with Crippen LogP contribution in [0, 0.1) is 5.92 Å². The molecular weight excluding hydrogens is 272 g/mol. The molecule has 1 rings (SSSR count). The number of hydrogen-bond acceptors (Lipinski definition) is 3. The zero-order valence-corrected chi connectivity index (χ0v) is 12.5. The van der Waals surface area contributed by atoms with Crippen LogP contribution in [0.25, 0.3) is 0 Å². The number of amides is 2. The average molecular weight is 294 g/mol. The van der Waals surface area contributed by atoms with Crippen LogP contribution in [0.5, 0.6) is 0 Å². The van der Waals surface area contributed by atoms with Gasteiger partial charge in [0, 0.05) is 11.7 Å². The van der Waals surface area contributed by atoms with E-state index in [0.29, 0.717) is 11.6 Å². The molecule has 6 nitrogen and oxygen atoms in total. The Morgan fingerprint density at radius 3 is 2.19 bits per heavy atom. The van der Waals surface area contributed by atoms with Gasteiger partial charge in [0.2, 0.25) is 0 Å². The van der Waals surface area contributed by atoms with Gasteiger partial charge in [0.25, 0.3) is 0 Å². The number of carbonyl (C=O) groups excluding carboxylic acids is 1. The van der Waals surface area contributed by atoms with Crippen molar-refractivity contribution in [3.8, 4) is 0 Å². The van der Waals surface area contributed by atoms with Gasteiger partial charge in [0.05, 0.1) is 18.7 Å². The van der Waals surface area contributed by atoms with Crippen molar-refractivity contribution in [2.75, 3.05) is 18.1 Å². The van der Waals surface area contributed by atoms with Crippen molar-refractivity contribution in [1.82, 2.24) is 5.32 Å². The minimum Gasteiger partial charge on any atom is -0.478 e. The largest absolute Gasteiger partial charge is 0.478 e. The van der Waals surface area contributed by atoms with Gasteiger partial charge >= 0.3 is 12.0 Å². The van der Waals surface area contributed by atoms with E-state index >= 15 is 0 Å². The second-order valence-electron chi connectivity index (χ2n) is 5.21. The molecule has 0 fully saturated rings. The van der Waals surface area contributed by atoms with Gasteiger partial charge in [-0.15, -0.1) is 0 Å². The maximum absolute atomic E-state index is 12.3. The van der Waals surface area contributed by atoms with E-state index in [1.54, 1.807) is 12.1 Å². The Morgan fingerprint density at radius 2 is 1.76 bits per heavy atom. The van der Waals surface area contributed by atoms with Gasteiger partial charge in [-0.05, 0) is 37.1 Å². The highest BCUT2D eigenvalue weighted by Crippen LogP contribution is 2.16. The van der Waals surface area contributed by atoms with Crippen LogP contribution in [-0.2, 0) is 0 Å². The van der Waals surface area contributed by atoms with Gasteiger partial charge in [-0.25, -0.2) is 9.59 Å². The molecule has 0 aliphatic rings. The molecule has 0 radical (unpaired) electrons. The Hall–Kier alpha value is -2.08. The normalized spacial score (nSPS) is 12.0. The van der Waals surface area contributed by atoms with Crippen LogP contribution in [-0.4, -0.2) is 41.4 Å². The Morgan fingerprint density at radius 1 is 1.19 bits per heavy atom. The monoisotopic (exact) mass is 294 g/mol. The number of carbonyl (C=O) groups is 2. The first kappa shape index (κ1) is 17.0. The summed E-state index contributed by atoms with van der Waals surface area (Å²) in [4.78, 5) is 24.5. The van der Waals surface area contributed by atoms with Crippen LogP contribution >= 0.6 is 0 Å². The van der Waals surface area contributed by atoms with E-state index in [1.165, 1.54) is 17.0 Å². The smallest absolute Gasteiger partial charge is 0.335 e. The maximum Gasteiger partial charge on any atom is 0.335 e.